The van der Waals surface area contributed by atoms with Crippen molar-refractivity contribution in [2.75, 3.05) is 22.5 Å². The van der Waals surface area contributed by atoms with Crippen molar-refractivity contribution < 1.29 is 27.4 Å². The van der Waals surface area contributed by atoms with E-state index in [1.54, 1.807) is 43.3 Å². The van der Waals surface area contributed by atoms with Gasteiger partial charge in [0, 0.05) is 29.6 Å². The first-order valence-corrected chi connectivity index (χ1v) is 13.7. The second-order valence-corrected chi connectivity index (χ2v) is 10.7. The Morgan fingerprint density at radius 3 is 2.31 bits per heavy atom. The molecule has 0 aliphatic rings. The first kappa shape index (κ1) is 29.7. The number of hydrogen-bond donors (Lipinski definition) is 4. The average molecular weight is 590 g/mol. The number of aromatic hydroxyl groups is 1. The van der Waals surface area contributed by atoms with Gasteiger partial charge in [0.1, 0.15) is 17.3 Å². The van der Waals surface area contributed by atoms with E-state index in [9.17, 15) is 22.7 Å². The Morgan fingerprint density at radius 1 is 0.881 bits per heavy atom. The van der Waals surface area contributed by atoms with Gasteiger partial charge in [-0.1, -0.05) is 37.3 Å². The zero-order valence-corrected chi connectivity index (χ0v) is 22.7. The van der Waals surface area contributed by atoms with Gasteiger partial charge in [-0.2, -0.15) is 0 Å². The Kier molecular flexibility index (Phi) is 8.57. The van der Waals surface area contributed by atoms with Crippen LogP contribution in [0, 0.1) is 12.7 Å². The van der Waals surface area contributed by atoms with Crippen LogP contribution in [-0.2, 0) is 10.0 Å². The highest BCUT2D eigenvalue weighted by Gasteiger charge is 2.21. The number of sulfonamides is 1. The number of para-hydroxylation sites is 2. The molecule has 0 aliphatic heterocycles. The molecule has 10 nitrogen and oxygen atoms in total. The fraction of sp³-hybridized carbons (Fsp3) is 0.100. The summed E-state index contributed by atoms with van der Waals surface area (Å²) in [6.07, 6.45) is 0. The molecule has 4 aromatic carbocycles. The number of benzene rings is 4. The van der Waals surface area contributed by atoms with Crippen molar-refractivity contribution in [2.45, 2.75) is 19.2 Å². The van der Waals surface area contributed by atoms with Crippen LogP contribution >= 0.6 is 0 Å². The van der Waals surface area contributed by atoms with E-state index >= 15 is 0 Å². The molecule has 42 heavy (non-hydrogen) atoms. The lowest BCUT2D eigenvalue weighted by molar-refractivity contribution is 0.102. The molecule has 1 heterocycles. The van der Waals surface area contributed by atoms with Gasteiger partial charge in [-0.3, -0.25) is 9.52 Å². The lowest BCUT2D eigenvalue weighted by atomic mass is 10.1. The predicted octanol–water partition coefficient (Wildman–Crippen LogP) is 6.22. The predicted molar refractivity (Wildman–Crippen MR) is 161 cm³/mol. The highest BCUT2D eigenvalue weighted by molar-refractivity contribution is 7.92. The summed E-state index contributed by atoms with van der Waals surface area (Å²) >= 11 is 0. The molecular formula is C30H28FN5O5S. The Morgan fingerprint density at radius 2 is 1.60 bits per heavy atom. The van der Waals surface area contributed by atoms with E-state index in [0.29, 0.717) is 28.0 Å². The molecule has 1 amide bonds. The number of carbonyl (C=O) groups is 1. The van der Waals surface area contributed by atoms with Gasteiger partial charge in [0.15, 0.2) is 11.6 Å². The third-order valence-electron chi connectivity index (χ3n) is 5.96. The van der Waals surface area contributed by atoms with Crippen LogP contribution in [0.5, 0.6) is 11.5 Å². The SMILES string of the molecule is C.COc1cc(O)cc(Nc2nc3ccccc3nc2NS(=O)(=O)c2cccc(NC(=O)c3cc(C)ccc3F)c2)c1. The summed E-state index contributed by atoms with van der Waals surface area (Å²) in [6.45, 7) is 1.73. The molecule has 0 fully saturated rings. The van der Waals surface area contributed by atoms with Gasteiger partial charge in [-0.25, -0.2) is 22.8 Å². The summed E-state index contributed by atoms with van der Waals surface area (Å²) < 4.78 is 48.8. The molecule has 0 unspecified atom stereocenters. The molecule has 5 rings (SSSR count). The molecule has 0 bridgehead atoms. The Labute approximate surface area is 242 Å². The lowest BCUT2D eigenvalue weighted by Gasteiger charge is -2.15. The molecule has 4 N–H and O–H groups in total. The van der Waals surface area contributed by atoms with E-state index in [-0.39, 0.29) is 41.0 Å². The van der Waals surface area contributed by atoms with Crippen molar-refractivity contribution in [1.29, 1.82) is 0 Å². The third-order valence-corrected chi connectivity index (χ3v) is 7.30. The molecule has 216 valence electrons. The molecule has 1 aromatic heterocycles. The largest absolute Gasteiger partial charge is 0.508 e. The number of methoxy groups -OCH3 is 1. The number of halogens is 1. The fourth-order valence-corrected chi connectivity index (χ4v) is 5.06. The number of rotatable bonds is 8. The summed E-state index contributed by atoms with van der Waals surface area (Å²) in [4.78, 5) is 21.5. The molecule has 0 atom stereocenters. The second kappa shape index (κ2) is 12.1. The number of nitrogens with one attached hydrogen (secondary N) is 3. The lowest BCUT2D eigenvalue weighted by Crippen LogP contribution is -2.17. The summed E-state index contributed by atoms with van der Waals surface area (Å²) in [7, 11) is -2.80. The Bertz CT molecular complexity index is 1900. The molecule has 0 spiro atoms. The first-order valence-electron chi connectivity index (χ1n) is 12.2. The highest BCUT2D eigenvalue weighted by Crippen LogP contribution is 2.31. The number of hydrogen-bond acceptors (Lipinski definition) is 8. The van der Waals surface area contributed by atoms with Gasteiger partial charge >= 0.3 is 0 Å². The van der Waals surface area contributed by atoms with Gasteiger partial charge in [-0.05, 0) is 49.4 Å². The molecular weight excluding hydrogens is 561 g/mol. The molecule has 0 radical (unpaired) electrons. The van der Waals surface area contributed by atoms with Gasteiger partial charge in [-0.15, -0.1) is 0 Å². The topological polar surface area (TPSA) is 143 Å². The van der Waals surface area contributed by atoms with E-state index in [2.05, 4.69) is 25.3 Å². The number of nitrogens with zero attached hydrogens (tertiary/aromatic N) is 2. The maximum Gasteiger partial charge on any atom is 0.263 e. The maximum absolute atomic E-state index is 14.2. The van der Waals surface area contributed by atoms with Crippen molar-refractivity contribution in [3.05, 3.63) is 102 Å². The van der Waals surface area contributed by atoms with E-state index in [1.807, 2.05) is 0 Å². The van der Waals surface area contributed by atoms with E-state index in [1.165, 1.54) is 55.6 Å². The van der Waals surface area contributed by atoms with Crippen LogP contribution in [0.4, 0.5) is 27.4 Å². The minimum atomic E-state index is -4.25. The zero-order chi connectivity index (χ0) is 29.1. The van der Waals surface area contributed by atoms with Crippen LogP contribution in [0.25, 0.3) is 11.0 Å². The Balaban J connectivity index is 0.00000405. The highest BCUT2D eigenvalue weighted by atomic mass is 32.2. The van der Waals surface area contributed by atoms with Crippen molar-refractivity contribution in [1.82, 2.24) is 9.97 Å². The quantitative estimate of drug-likeness (QED) is 0.167. The third kappa shape index (κ3) is 6.56. The summed E-state index contributed by atoms with van der Waals surface area (Å²) in [5, 5.41) is 15.6. The summed E-state index contributed by atoms with van der Waals surface area (Å²) in [6, 6.07) is 21.0. The smallest absolute Gasteiger partial charge is 0.263 e. The number of anilines is 4. The Hall–Kier alpha value is -5.23. The monoisotopic (exact) mass is 589 g/mol. The standard InChI is InChI=1S/C29H24FN5O5S.CH4/c1-17-10-11-24(30)23(12-17)29(37)32-18-6-5-7-22(15-18)41(38,39)35-28-27(33-25-8-3-4-9-26(25)34-28)31-19-13-20(36)16-21(14-19)40-2;/h3-16,36H,1-2H3,(H,31,33)(H,32,37)(H,34,35);1H4. The van der Waals surface area contributed by atoms with Crippen molar-refractivity contribution >= 4 is 50.0 Å². The van der Waals surface area contributed by atoms with Crippen molar-refractivity contribution in [3.63, 3.8) is 0 Å². The fourth-order valence-electron chi connectivity index (χ4n) is 4.01. The second-order valence-electron chi connectivity index (χ2n) is 9.03. The minimum absolute atomic E-state index is 0. The molecule has 0 aliphatic carbocycles. The molecule has 5 aromatic rings. The number of phenolic OH excluding ortho intramolecular Hbond substituents is 1. The maximum atomic E-state index is 14.2. The van der Waals surface area contributed by atoms with Crippen LogP contribution in [0.1, 0.15) is 23.3 Å². The van der Waals surface area contributed by atoms with Gasteiger partial charge in [0.05, 0.1) is 28.6 Å². The minimum Gasteiger partial charge on any atom is -0.508 e. The van der Waals surface area contributed by atoms with Gasteiger partial charge < -0.3 is 20.5 Å². The van der Waals surface area contributed by atoms with Crippen LogP contribution in [-0.4, -0.2) is 36.5 Å². The number of carbonyl (C=O) groups excluding carboxylic acids is 1. The van der Waals surface area contributed by atoms with Crippen molar-refractivity contribution in [3.8, 4) is 11.5 Å². The number of aryl methyl sites for hydroxylation is 1. The molecule has 12 heteroatoms. The molecule has 0 saturated heterocycles. The zero-order valence-electron chi connectivity index (χ0n) is 21.8. The summed E-state index contributed by atoms with van der Waals surface area (Å²) in [5.41, 5.74) is 1.99. The van der Waals surface area contributed by atoms with E-state index < -0.39 is 21.7 Å². The first-order chi connectivity index (χ1) is 19.6. The molecule has 0 saturated carbocycles. The number of fused-ring (bicyclic) bond motifs is 1. The van der Waals surface area contributed by atoms with Crippen LogP contribution in [0.2, 0.25) is 0 Å². The number of phenols is 1. The van der Waals surface area contributed by atoms with Crippen LogP contribution in [0.3, 0.4) is 0 Å². The van der Waals surface area contributed by atoms with Crippen molar-refractivity contribution in [2.24, 2.45) is 0 Å². The van der Waals surface area contributed by atoms with E-state index in [0.717, 1.165) is 0 Å². The average Bonchev–Trinajstić information content (AvgIpc) is 2.94. The van der Waals surface area contributed by atoms with Crippen LogP contribution in [0.15, 0.2) is 89.8 Å². The van der Waals surface area contributed by atoms with Gasteiger partial charge in [0.25, 0.3) is 15.9 Å². The number of aromatic nitrogens is 2. The normalized spacial score (nSPS) is 10.9. The van der Waals surface area contributed by atoms with E-state index in [4.69, 9.17) is 4.74 Å². The summed E-state index contributed by atoms with van der Waals surface area (Å²) in [5.74, 6) is -1.17. The van der Waals surface area contributed by atoms with Crippen LogP contribution < -0.4 is 20.1 Å². The number of amides is 1. The number of ether oxygens (including phenoxy) is 1. The van der Waals surface area contributed by atoms with Gasteiger partial charge in [0.2, 0.25) is 0 Å².